The Hall–Kier alpha value is -1.48. The Morgan fingerprint density at radius 3 is 2.78 bits per heavy atom. The number of thiophene rings is 1. The molecule has 1 aromatic heterocycles. The van der Waals surface area contributed by atoms with E-state index in [1.807, 2.05) is 36.5 Å². The zero-order chi connectivity index (χ0) is 13.0. The summed E-state index contributed by atoms with van der Waals surface area (Å²) in [5.41, 5.74) is 1.10. The first-order chi connectivity index (χ1) is 8.69. The summed E-state index contributed by atoms with van der Waals surface area (Å²) in [5.74, 6) is 0.914. The Labute approximate surface area is 113 Å². The van der Waals surface area contributed by atoms with E-state index in [9.17, 15) is 0 Å². The number of benzene rings is 1. The molecule has 2 aromatic rings. The molecule has 0 bridgehead atoms. The predicted octanol–water partition coefficient (Wildman–Crippen LogP) is 4.63. The average molecular weight is 261 g/mol. The van der Waals surface area contributed by atoms with E-state index in [0.29, 0.717) is 12.6 Å². The van der Waals surface area contributed by atoms with Crippen molar-refractivity contribution < 1.29 is 4.74 Å². The number of rotatable bonds is 5. The van der Waals surface area contributed by atoms with E-state index in [-0.39, 0.29) is 0 Å². The molecular weight excluding hydrogens is 242 g/mol. The van der Waals surface area contributed by atoms with Crippen LogP contribution in [-0.2, 0) is 0 Å². The lowest BCUT2D eigenvalue weighted by molar-refractivity contribution is 0.340. The normalized spacial score (nSPS) is 12.2. The van der Waals surface area contributed by atoms with Crippen molar-refractivity contribution in [2.75, 3.05) is 11.9 Å². The van der Waals surface area contributed by atoms with E-state index in [4.69, 9.17) is 4.74 Å². The standard InChI is InChI=1S/C15H19NOS/c1-4-17-14-7-5-6-13(10-14)16-12(3)15-9-8-11(2)18-15/h5-10,12,16H,4H2,1-3H3. The molecule has 0 radical (unpaired) electrons. The van der Waals surface area contributed by atoms with Gasteiger partial charge in [0.1, 0.15) is 5.75 Å². The van der Waals surface area contributed by atoms with Gasteiger partial charge in [-0.1, -0.05) is 6.07 Å². The van der Waals surface area contributed by atoms with Gasteiger partial charge in [0, 0.05) is 21.5 Å². The van der Waals surface area contributed by atoms with Gasteiger partial charge < -0.3 is 10.1 Å². The van der Waals surface area contributed by atoms with E-state index in [1.165, 1.54) is 9.75 Å². The van der Waals surface area contributed by atoms with E-state index in [0.717, 1.165) is 11.4 Å². The first kappa shape index (κ1) is 13.0. The van der Waals surface area contributed by atoms with E-state index >= 15 is 0 Å². The molecule has 0 aliphatic carbocycles. The van der Waals surface area contributed by atoms with Crippen molar-refractivity contribution in [3.05, 3.63) is 46.2 Å². The number of nitrogens with one attached hydrogen (secondary N) is 1. The largest absolute Gasteiger partial charge is 0.494 e. The molecule has 0 saturated heterocycles. The molecule has 1 heterocycles. The van der Waals surface area contributed by atoms with Crippen molar-refractivity contribution in [2.45, 2.75) is 26.8 Å². The fourth-order valence-corrected chi connectivity index (χ4v) is 2.73. The van der Waals surface area contributed by atoms with E-state index in [2.05, 4.69) is 37.4 Å². The second kappa shape index (κ2) is 5.91. The van der Waals surface area contributed by atoms with Crippen LogP contribution in [-0.4, -0.2) is 6.61 Å². The third kappa shape index (κ3) is 3.26. The van der Waals surface area contributed by atoms with Crippen LogP contribution >= 0.6 is 11.3 Å². The summed E-state index contributed by atoms with van der Waals surface area (Å²) in [6, 6.07) is 12.8. The molecule has 0 saturated carbocycles. The van der Waals surface area contributed by atoms with Gasteiger partial charge in [-0.3, -0.25) is 0 Å². The zero-order valence-corrected chi connectivity index (χ0v) is 11.9. The van der Waals surface area contributed by atoms with Gasteiger partial charge in [0.15, 0.2) is 0 Å². The molecule has 3 heteroatoms. The van der Waals surface area contributed by atoms with Crippen LogP contribution < -0.4 is 10.1 Å². The third-order valence-corrected chi connectivity index (χ3v) is 3.90. The van der Waals surface area contributed by atoms with Gasteiger partial charge in [-0.05, 0) is 45.0 Å². The summed E-state index contributed by atoms with van der Waals surface area (Å²) < 4.78 is 5.50. The van der Waals surface area contributed by atoms with Crippen molar-refractivity contribution in [3.8, 4) is 5.75 Å². The first-order valence-electron chi connectivity index (χ1n) is 6.24. The highest BCUT2D eigenvalue weighted by molar-refractivity contribution is 7.12. The average Bonchev–Trinajstić information content (AvgIpc) is 2.77. The quantitative estimate of drug-likeness (QED) is 0.847. The van der Waals surface area contributed by atoms with Crippen LogP contribution in [0.3, 0.4) is 0 Å². The Balaban J connectivity index is 2.06. The van der Waals surface area contributed by atoms with Crippen molar-refractivity contribution in [1.82, 2.24) is 0 Å². The number of aryl methyl sites for hydroxylation is 1. The topological polar surface area (TPSA) is 21.3 Å². The molecule has 1 aromatic carbocycles. The van der Waals surface area contributed by atoms with Crippen LogP contribution in [0.2, 0.25) is 0 Å². The summed E-state index contributed by atoms with van der Waals surface area (Å²) in [6.45, 7) is 7.01. The third-order valence-electron chi connectivity index (χ3n) is 2.72. The number of ether oxygens (including phenoxy) is 1. The fourth-order valence-electron chi connectivity index (χ4n) is 1.85. The highest BCUT2D eigenvalue weighted by atomic mass is 32.1. The molecule has 0 amide bonds. The lowest BCUT2D eigenvalue weighted by atomic mass is 10.2. The summed E-state index contributed by atoms with van der Waals surface area (Å²) in [6.07, 6.45) is 0. The summed E-state index contributed by atoms with van der Waals surface area (Å²) >= 11 is 1.84. The number of anilines is 1. The van der Waals surface area contributed by atoms with Crippen LogP contribution in [0, 0.1) is 6.92 Å². The fraction of sp³-hybridized carbons (Fsp3) is 0.333. The second-order valence-corrected chi connectivity index (χ2v) is 5.59. The van der Waals surface area contributed by atoms with E-state index in [1.54, 1.807) is 0 Å². The minimum absolute atomic E-state index is 0.320. The maximum absolute atomic E-state index is 5.50. The molecule has 18 heavy (non-hydrogen) atoms. The van der Waals surface area contributed by atoms with Crippen molar-refractivity contribution >= 4 is 17.0 Å². The minimum Gasteiger partial charge on any atom is -0.494 e. The maximum Gasteiger partial charge on any atom is 0.121 e. The molecule has 2 rings (SSSR count). The molecule has 0 spiro atoms. The van der Waals surface area contributed by atoms with Gasteiger partial charge in [-0.2, -0.15) is 0 Å². The highest BCUT2D eigenvalue weighted by Gasteiger charge is 2.07. The Morgan fingerprint density at radius 2 is 2.11 bits per heavy atom. The summed E-state index contributed by atoms with van der Waals surface area (Å²) in [4.78, 5) is 2.70. The van der Waals surface area contributed by atoms with Crippen LogP contribution in [0.15, 0.2) is 36.4 Å². The first-order valence-corrected chi connectivity index (χ1v) is 7.06. The zero-order valence-electron chi connectivity index (χ0n) is 11.1. The summed E-state index contributed by atoms with van der Waals surface area (Å²) in [7, 11) is 0. The maximum atomic E-state index is 5.50. The van der Waals surface area contributed by atoms with Crippen LogP contribution in [0.4, 0.5) is 5.69 Å². The Bertz CT molecular complexity index is 507. The molecule has 1 unspecified atom stereocenters. The molecule has 1 atom stereocenters. The van der Waals surface area contributed by atoms with Gasteiger partial charge in [-0.15, -0.1) is 11.3 Å². The molecular formula is C15H19NOS. The Morgan fingerprint density at radius 1 is 1.28 bits per heavy atom. The van der Waals surface area contributed by atoms with Crippen LogP contribution in [0.5, 0.6) is 5.75 Å². The molecule has 0 fully saturated rings. The highest BCUT2D eigenvalue weighted by Crippen LogP contribution is 2.27. The lowest BCUT2D eigenvalue weighted by Gasteiger charge is -2.14. The molecule has 2 nitrogen and oxygen atoms in total. The molecule has 1 N–H and O–H groups in total. The smallest absolute Gasteiger partial charge is 0.121 e. The van der Waals surface area contributed by atoms with Gasteiger partial charge in [0.05, 0.1) is 12.6 Å². The molecule has 0 aliphatic heterocycles. The van der Waals surface area contributed by atoms with Gasteiger partial charge in [0.2, 0.25) is 0 Å². The number of hydrogen-bond acceptors (Lipinski definition) is 3. The van der Waals surface area contributed by atoms with Gasteiger partial charge in [-0.25, -0.2) is 0 Å². The molecule has 96 valence electrons. The predicted molar refractivity (Wildman–Crippen MR) is 78.7 cm³/mol. The van der Waals surface area contributed by atoms with Gasteiger partial charge in [0.25, 0.3) is 0 Å². The SMILES string of the molecule is CCOc1cccc(NC(C)c2ccc(C)s2)c1. The van der Waals surface area contributed by atoms with Crippen molar-refractivity contribution in [2.24, 2.45) is 0 Å². The minimum atomic E-state index is 0.320. The monoisotopic (exact) mass is 261 g/mol. The summed E-state index contributed by atoms with van der Waals surface area (Å²) in [5, 5.41) is 3.50. The van der Waals surface area contributed by atoms with Crippen molar-refractivity contribution in [1.29, 1.82) is 0 Å². The molecule has 0 aliphatic rings. The number of hydrogen-bond donors (Lipinski definition) is 1. The van der Waals surface area contributed by atoms with Crippen LogP contribution in [0.1, 0.15) is 29.6 Å². The lowest BCUT2D eigenvalue weighted by Crippen LogP contribution is -2.04. The Kier molecular flexibility index (Phi) is 4.26. The van der Waals surface area contributed by atoms with E-state index < -0.39 is 0 Å². The second-order valence-electron chi connectivity index (χ2n) is 4.28. The van der Waals surface area contributed by atoms with Gasteiger partial charge >= 0.3 is 0 Å². The van der Waals surface area contributed by atoms with Crippen LogP contribution in [0.25, 0.3) is 0 Å². The van der Waals surface area contributed by atoms with Crippen molar-refractivity contribution in [3.63, 3.8) is 0 Å².